The van der Waals surface area contributed by atoms with Crippen molar-refractivity contribution in [1.29, 1.82) is 0 Å². The summed E-state index contributed by atoms with van der Waals surface area (Å²) in [6, 6.07) is 0. The van der Waals surface area contributed by atoms with Gasteiger partial charge in [-0.3, -0.25) is 0 Å². The summed E-state index contributed by atoms with van der Waals surface area (Å²) in [7, 11) is -3.42. The van der Waals surface area contributed by atoms with Gasteiger partial charge < -0.3 is 9.84 Å². The smallest absolute Gasteiger partial charge is 0.279 e. The first kappa shape index (κ1) is 14.2. The van der Waals surface area contributed by atoms with Gasteiger partial charge in [0.15, 0.2) is 0 Å². The molecule has 2 atom stereocenters. The highest BCUT2D eigenvalue weighted by molar-refractivity contribution is 7.87. The molecule has 0 spiro atoms. The molecule has 1 saturated carbocycles. The van der Waals surface area contributed by atoms with Gasteiger partial charge in [0.1, 0.15) is 0 Å². The Morgan fingerprint density at radius 3 is 2.33 bits per heavy atom. The average Bonchev–Trinajstić information content (AvgIpc) is 2.21. The fourth-order valence-electron chi connectivity index (χ4n) is 2.51. The minimum atomic E-state index is -3.42. The minimum Gasteiger partial charge on any atom is -0.393 e. The highest BCUT2D eigenvalue weighted by Crippen LogP contribution is 2.26. The molecule has 0 bridgehead atoms. The Morgan fingerprint density at radius 1 is 1.28 bits per heavy atom. The van der Waals surface area contributed by atoms with Gasteiger partial charge in [-0.15, -0.1) is 0 Å². The lowest BCUT2D eigenvalue weighted by Gasteiger charge is -2.36. The van der Waals surface area contributed by atoms with Crippen LogP contribution in [0, 0.1) is 5.92 Å². The summed E-state index contributed by atoms with van der Waals surface area (Å²) in [6.07, 6.45) is 0.992. The van der Waals surface area contributed by atoms with Crippen molar-refractivity contribution in [2.24, 2.45) is 5.92 Å². The third kappa shape index (κ3) is 3.42. The second-order valence-corrected chi connectivity index (χ2v) is 7.17. The number of nitrogens with one attached hydrogen (secondary N) is 1. The van der Waals surface area contributed by atoms with Gasteiger partial charge in [-0.2, -0.15) is 12.7 Å². The monoisotopic (exact) mass is 278 g/mol. The molecule has 1 aliphatic heterocycles. The predicted octanol–water partition coefficient (Wildman–Crippen LogP) is -0.299. The van der Waals surface area contributed by atoms with Crippen LogP contribution in [0.5, 0.6) is 0 Å². The number of nitrogens with zero attached hydrogens (tertiary/aromatic N) is 1. The van der Waals surface area contributed by atoms with Crippen molar-refractivity contribution in [3.05, 3.63) is 0 Å². The minimum absolute atomic E-state index is 0.0733. The molecule has 2 fully saturated rings. The summed E-state index contributed by atoms with van der Waals surface area (Å²) in [5, 5.41) is 9.16. The molecule has 1 heterocycles. The molecule has 7 heteroatoms. The van der Waals surface area contributed by atoms with Crippen LogP contribution in [0.1, 0.15) is 26.7 Å². The summed E-state index contributed by atoms with van der Waals surface area (Å²) in [6.45, 7) is 4.96. The molecule has 0 aromatic rings. The van der Waals surface area contributed by atoms with Gasteiger partial charge in [0, 0.05) is 19.6 Å². The second-order valence-electron chi connectivity index (χ2n) is 5.42. The van der Waals surface area contributed by atoms with E-state index in [4.69, 9.17) is 9.84 Å². The molecule has 1 aliphatic carbocycles. The zero-order valence-corrected chi connectivity index (χ0v) is 11.7. The van der Waals surface area contributed by atoms with Crippen LogP contribution in [0.3, 0.4) is 0 Å². The SMILES string of the molecule is CC1CN(S(=O)(=O)NCC2CC(O)C2)CC(C)O1. The van der Waals surface area contributed by atoms with Crippen LogP contribution in [0.2, 0.25) is 0 Å². The molecule has 18 heavy (non-hydrogen) atoms. The Bertz CT molecular complexity index is 371. The van der Waals surface area contributed by atoms with Crippen molar-refractivity contribution in [2.75, 3.05) is 19.6 Å². The molecule has 2 aliphatic rings. The average molecular weight is 278 g/mol. The standard InChI is InChI=1S/C11H22N2O4S/c1-8-6-13(7-9(2)17-8)18(15,16)12-5-10-3-11(14)4-10/h8-12,14H,3-7H2,1-2H3. The molecule has 2 unspecified atom stereocenters. The molecule has 2 N–H and O–H groups in total. The van der Waals surface area contributed by atoms with Crippen LogP contribution in [0.4, 0.5) is 0 Å². The molecule has 1 saturated heterocycles. The van der Waals surface area contributed by atoms with E-state index in [1.807, 2.05) is 13.8 Å². The predicted molar refractivity (Wildman–Crippen MR) is 67.2 cm³/mol. The molecule has 0 aromatic carbocycles. The summed E-state index contributed by atoms with van der Waals surface area (Å²) in [5.41, 5.74) is 0. The van der Waals surface area contributed by atoms with Crippen LogP contribution in [-0.4, -0.2) is 55.8 Å². The molecule has 0 radical (unpaired) electrons. The lowest BCUT2D eigenvalue weighted by molar-refractivity contribution is -0.0444. The maximum Gasteiger partial charge on any atom is 0.279 e. The molecule has 0 aromatic heterocycles. The number of hydrogen-bond acceptors (Lipinski definition) is 4. The summed E-state index contributed by atoms with van der Waals surface area (Å²) in [4.78, 5) is 0. The first-order valence-corrected chi connectivity index (χ1v) is 7.89. The number of ether oxygens (including phenoxy) is 1. The number of hydrogen-bond donors (Lipinski definition) is 2. The van der Waals surface area contributed by atoms with Crippen molar-refractivity contribution in [1.82, 2.24) is 9.03 Å². The Labute approximate surface area is 108 Å². The van der Waals surface area contributed by atoms with Crippen LogP contribution in [-0.2, 0) is 14.9 Å². The van der Waals surface area contributed by atoms with E-state index in [0.717, 1.165) is 0 Å². The van der Waals surface area contributed by atoms with Gasteiger partial charge in [0.05, 0.1) is 18.3 Å². The Morgan fingerprint density at radius 2 is 1.83 bits per heavy atom. The molecule has 106 valence electrons. The highest BCUT2D eigenvalue weighted by Gasteiger charge is 2.33. The normalized spacial score (nSPS) is 38.4. The summed E-state index contributed by atoms with van der Waals surface area (Å²) < 4.78 is 33.8. The van der Waals surface area contributed by atoms with Gasteiger partial charge in [-0.25, -0.2) is 4.72 Å². The zero-order chi connectivity index (χ0) is 13.3. The van der Waals surface area contributed by atoms with Gasteiger partial charge >= 0.3 is 0 Å². The van der Waals surface area contributed by atoms with Crippen molar-refractivity contribution in [2.45, 2.75) is 45.0 Å². The molecular weight excluding hydrogens is 256 g/mol. The van der Waals surface area contributed by atoms with Crippen LogP contribution < -0.4 is 4.72 Å². The lowest BCUT2D eigenvalue weighted by atomic mass is 9.83. The number of morpholine rings is 1. The Balaban J connectivity index is 1.85. The summed E-state index contributed by atoms with van der Waals surface area (Å²) >= 11 is 0. The fraction of sp³-hybridized carbons (Fsp3) is 1.00. The number of rotatable bonds is 4. The largest absolute Gasteiger partial charge is 0.393 e. The number of aliphatic hydroxyl groups excluding tert-OH is 1. The van der Waals surface area contributed by atoms with Crippen molar-refractivity contribution < 1.29 is 18.3 Å². The number of aliphatic hydroxyl groups is 1. The van der Waals surface area contributed by atoms with Gasteiger partial charge in [-0.1, -0.05) is 0 Å². The van der Waals surface area contributed by atoms with E-state index in [1.165, 1.54) is 4.31 Å². The van der Waals surface area contributed by atoms with E-state index in [0.29, 0.717) is 32.5 Å². The topological polar surface area (TPSA) is 78.9 Å². The quantitative estimate of drug-likeness (QED) is 0.740. The van der Waals surface area contributed by atoms with E-state index in [9.17, 15) is 8.42 Å². The van der Waals surface area contributed by atoms with E-state index >= 15 is 0 Å². The fourth-order valence-corrected chi connectivity index (χ4v) is 3.95. The van der Waals surface area contributed by atoms with E-state index in [2.05, 4.69) is 4.72 Å². The molecular formula is C11H22N2O4S. The zero-order valence-electron chi connectivity index (χ0n) is 10.9. The van der Waals surface area contributed by atoms with Crippen molar-refractivity contribution in [3.63, 3.8) is 0 Å². The maximum atomic E-state index is 12.1. The van der Waals surface area contributed by atoms with E-state index in [-0.39, 0.29) is 24.2 Å². The first-order chi connectivity index (χ1) is 8.37. The third-order valence-corrected chi connectivity index (χ3v) is 5.00. The Kier molecular flexibility index (Phi) is 4.28. The lowest BCUT2D eigenvalue weighted by Crippen LogP contribution is -2.53. The van der Waals surface area contributed by atoms with Gasteiger partial charge in [-0.05, 0) is 32.6 Å². The van der Waals surface area contributed by atoms with Crippen LogP contribution >= 0.6 is 0 Å². The van der Waals surface area contributed by atoms with E-state index in [1.54, 1.807) is 0 Å². The van der Waals surface area contributed by atoms with Gasteiger partial charge in [0.25, 0.3) is 10.2 Å². The third-order valence-electron chi connectivity index (χ3n) is 3.49. The highest BCUT2D eigenvalue weighted by atomic mass is 32.2. The summed E-state index contributed by atoms with van der Waals surface area (Å²) in [5.74, 6) is 0.269. The molecule has 2 rings (SSSR count). The maximum absolute atomic E-state index is 12.1. The Hall–Kier alpha value is -0.210. The molecule has 0 amide bonds. The van der Waals surface area contributed by atoms with Gasteiger partial charge in [0.2, 0.25) is 0 Å². The van der Waals surface area contributed by atoms with E-state index < -0.39 is 10.2 Å². The first-order valence-electron chi connectivity index (χ1n) is 6.45. The van der Waals surface area contributed by atoms with Crippen molar-refractivity contribution >= 4 is 10.2 Å². The van der Waals surface area contributed by atoms with Crippen LogP contribution in [0.25, 0.3) is 0 Å². The van der Waals surface area contributed by atoms with Crippen molar-refractivity contribution in [3.8, 4) is 0 Å². The second kappa shape index (κ2) is 5.42. The van der Waals surface area contributed by atoms with Crippen LogP contribution in [0.15, 0.2) is 0 Å². The molecule has 6 nitrogen and oxygen atoms in total.